The molecule has 0 aliphatic carbocycles. The molecule has 0 rings (SSSR count). The molecule has 1 amide bonds. The molecule has 2 N–H and O–H groups in total. The van der Waals surface area contributed by atoms with Crippen molar-refractivity contribution in [2.24, 2.45) is 5.73 Å². The van der Waals surface area contributed by atoms with Crippen LogP contribution in [0.15, 0.2) is 0 Å². The largest absolute Gasteiger partial charge is 0.346 e. The van der Waals surface area contributed by atoms with Crippen molar-refractivity contribution in [3.63, 3.8) is 0 Å². The molecule has 60 valence electrons. The summed E-state index contributed by atoms with van der Waals surface area (Å²) < 4.78 is 0. The van der Waals surface area contributed by atoms with Gasteiger partial charge in [-0.15, -0.1) is 0 Å². The maximum Gasteiger partial charge on any atom is 0.223 e. The Morgan fingerprint density at radius 2 is 2.20 bits per heavy atom. The zero-order chi connectivity index (χ0) is 7.98. The molecule has 0 aromatic rings. The monoisotopic (exact) mass is 144 g/mol. The van der Waals surface area contributed by atoms with Crippen molar-refractivity contribution < 1.29 is 4.79 Å². The number of rotatable bonds is 4. The van der Waals surface area contributed by atoms with Gasteiger partial charge in [0.15, 0.2) is 0 Å². The van der Waals surface area contributed by atoms with Crippen molar-refractivity contribution in [3.8, 4) is 0 Å². The lowest BCUT2D eigenvalue weighted by atomic mass is 10.3. The summed E-state index contributed by atoms with van der Waals surface area (Å²) in [6.45, 7) is 3.33. The van der Waals surface area contributed by atoms with Crippen LogP contribution in [0.5, 0.6) is 0 Å². The fourth-order valence-electron chi connectivity index (χ4n) is 0.774. The highest BCUT2D eigenvalue weighted by atomic mass is 16.2. The Bertz CT molecular complexity index is 104. The van der Waals surface area contributed by atoms with Crippen LogP contribution >= 0.6 is 0 Å². The normalized spacial score (nSPS) is 9.50. The molecule has 0 atom stereocenters. The fourth-order valence-corrected chi connectivity index (χ4v) is 0.774. The van der Waals surface area contributed by atoms with Crippen molar-refractivity contribution in [1.82, 2.24) is 4.90 Å². The molecule has 0 unspecified atom stereocenters. The summed E-state index contributed by atoms with van der Waals surface area (Å²) in [5.41, 5.74) is 5.22. The third-order valence-electron chi connectivity index (χ3n) is 1.34. The summed E-state index contributed by atoms with van der Waals surface area (Å²) in [7, 11) is 1.81. The van der Waals surface area contributed by atoms with Crippen LogP contribution in [0.25, 0.3) is 0 Å². The molecule has 0 aromatic carbocycles. The molecular weight excluding hydrogens is 128 g/mol. The number of nitrogens with zero attached hydrogens (tertiary/aromatic N) is 1. The van der Waals surface area contributed by atoms with Crippen LogP contribution in [0, 0.1) is 0 Å². The van der Waals surface area contributed by atoms with Gasteiger partial charge in [-0.3, -0.25) is 4.79 Å². The first-order chi connectivity index (χ1) is 4.72. The second kappa shape index (κ2) is 5.23. The lowest BCUT2D eigenvalue weighted by molar-refractivity contribution is -0.129. The average Bonchev–Trinajstić information content (AvgIpc) is 1.89. The molecule has 0 aromatic heterocycles. The van der Waals surface area contributed by atoms with Crippen molar-refractivity contribution in [2.45, 2.75) is 19.8 Å². The Morgan fingerprint density at radius 1 is 1.60 bits per heavy atom. The number of amides is 1. The van der Waals surface area contributed by atoms with E-state index in [1.165, 1.54) is 0 Å². The smallest absolute Gasteiger partial charge is 0.223 e. The minimum Gasteiger partial charge on any atom is -0.346 e. The minimum atomic E-state index is 0.143. The highest BCUT2D eigenvalue weighted by Crippen LogP contribution is 1.90. The van der Waals surface area contributed by atoms with Crippen molar-refractivity contribution in [1.29, 1.82) is 0 Å². The van der Waals surface area contributed by atoms with Gasteiger partial charge in [-0.25, -0.2) is 0 Å². The quantitative estimate of drug-likeness (QED) is 0.613. The van der Waals surface area contributed by atoms with Crippen LogP contribution in [-0.4, -0.2) is 30.9 Å². The van der Waals surface area contributed by atoms with Gasteiger partial charge in [0.1, 0.15) is 0 Å². The maximum absolute atomic E-state index is 11.0. The maximum atomic E-state index is 11.0. The van der Waals surface area contributed by atoms with Gasteiger partial charge in [0.05, 0.1) is 0 Å². The Kier molecular flexibility index (Phi) is 4.94. The topological polar surface area (TPSA) is 46.3 Å². The Hall–Kier alpha value is -0.570. The molecule has 0 aliphatic heterocycles. The SMILES string of the molecule is CCCN(C)C(=O)CCN. The molecule has 0 heterocycles. The first-order valence-electron chi connectivity index (χ1n) is 3.66. The summed E-state index contributed by atoms with van der Waals surface area (Å²) in [5.74, 6) is 0.143. The van der Waals surface area contributed by atoms with Crippen LogP contribution in [0.2, 0.25) is 0 Å². The number of carbonyl (C=O) groups excluding carboxylic acids is 1. The Labute approximate surface area is 62.2 Å². The second-order valence-electron chi connectivity index (χ2n) is 2.35. The van der Waals surface area contributed by atoms with E-state index in [9.17, 15) is 4.79 Å². The third-order valence-corrected chi connectivity index (χ3v) is 1.34. The summed E-state index contributed by atoms with van der Waals surface area (Å²) in [6.07, 6.45) is 1.48. The van der Waals surface area contributed by atoms with E-state index in [1.807, 2.05) is 14.0 Å². The standard InChI is InChI=1S/C7H16N2O/c1-3-6-9(2)7(10)4-5-8/h3-6,8H2,1-2H3. The summed E-state index contributed by atoms with van der Waals surface area (Å²) >= 11 is 0. The van der Waals surface area contributed by atoms with Crippen LogP contribution in [-0.2, 0) is 4.79 Å². The van der Waals surface area contributed by atoms with E-state index in [1.54, 1.807) is 4.90 Å². The van der Waals surface area contributed by atoms with Crippen molar-refractivity contribution in [2.75, 3.05) is 20.1 Å². The molecule has 0 spiro atoms. The van der Waals surface area contributed by atoms with E-state index in [0.717, 1.165) is 13.0 Å². The second-order valence-corrected chi connectivity index (χ2v) is 2.35. The summed E-state index contributed by atoms with van der Waals surface area (Å²) in [5, 5.41) is 0. The summed E-state index contributed by atoms with van der Waals surface area (Å²) in [6, 6.07) is 0. The first kappa shape index (κ1) is 9.43. The third kappa shape index (κ3) is 3.45. The molecule has 0 bridgehead atoms. The molecule has 10 heavy (non-hydrogen) atoms. The molecule has 0 saturated heterocycles. The predicted molar refractivity (Wildman–Crippen MR) is 41.6 cm³/mol. The van der Waals surface area contributed by atoms with Crippen LogP contribution < -0.4 is 5.73 Å². The van der Waals surface area contributed by atoms with Gasteiger partial charge in [-0.2, -0.15) is 0 Å². The van der Waals surface area contributed by atoms with Gasteiger partial charge in [0, 0.05) is 26.6 Å². The molecule has 3 heteroatoms. The lowest BCUT2D eigenvalue weighted by Crippen LogP contribution is -2.28. The number of hydrogen-bond donors (Lipinski definition) is 1. The zero-order valence-electron chi connectivity index (χ0n) is 6.76. The summed E-state index contributed by atoms with van der Waals surface area (Å²) in [4.78, 5) is 12.7. The zero-order valence-corrected chi connectivity index (χ0v) is 6.76. The fraction of sp³-hybridized carbons (Fsp3) is 0.857. The van der Waals surface area contributed by atoms with Gasteiger partial charge in [0.25, 0.3) is 0 Å². The molecule has 0 fully saturated rings. The Morgan fingerprint density at radius 3 is 2.60 bits per heavy atom. The van der Waals surface area contributed by atoms with Gasteiger partial charge in [-0.05, 0) is 6.42 Å². The van der Waals surface area contributed by atoms with Gasteiger partial charge >= 0.3 is 0 Å². The number of hydrogen-bond acceptors (Lipinski definition) is 2. The van der Waals surface area contributed by atoms with Crippen LogP contribution in [0.1, 0.15) is 19.8 Å². The van der Waals surface area contributed by atoms with Gasteiger partial charge in [0.2, 0.25) is 5.91 Å². The number of carbonyl (C=O) groups is 1. The molecule has 0 saturated carbocycles. The lowest BCUT2D eigenvalue weighted by Gasteiger charge is -2.14. The molecule has 3 nitrogen and oxygen atoms in total. The molecule has 0 radical (unpaired) electrons. The van der Waals surface area contributed by atoms with Gasteiger partial charge < -0.3 is 10.6 Å². The first-order valence-corrected chi connectivity index (χ1v) is 3.66. The molecular formula is C7H16N2O. The van der Waals surface area contributed by atoms with E-state index in [0.29, 0.717) is 13.0 Å². The predicted octanol–water partition coefficient (Wildman–Crippen LogP) is 0.204. The Balaban J connectivity index is 3.49. The van der Waals surface area contributed by atoms with Crippen LogP contribution in [0.3, 0.4) is 0 Å². The average molecular weight is 144 g/mol. The van der Waals surface area contributed by atoms with E-state index in [-0.39, 0.29) is 5.91 Å². The van der Waals surface area contributed by atoms with E-state index in [4.69, 9.17) is 5.73 Å². The highest BCUT2D eigenvalue weighted by molar-refractivity contribution is 5.75. The minimum absolute atomic E-state index is 0.143. The van der Waals surface area contributed by atoms with E-state index in [2.05, 4.69) is 0 Å². The highest BCUT2D eigenvalue weighted by Gasteiger charge is 2.04. The van der Waals surface area contributed by atoms with Crippen molar-refractivity contribution in [3.05, 3.63) is 0 Å². The van der Waals surface area contributed by atoms with E-state index < -0.39 is 0 Å². The van der Waals surface area contributed by atoms with E-state index >= 15 is 0 Å². The van der Waals surface area contributed by atoms with Crippen LogP contribution in [0.4, 0.5) is 0 Å². The van der Waals surface area contributed by atoms with Gasteiger partial charge in [-0.1, -0.05) is 6.92 Å². The number of nitrogens with two attached hydrogens (primary N) is 1. The van der Waals surface area contributed by atoms with Crippen molar-refractivity contribution >= 4 is 5.91 Å². The molecule has 0 aliphatic rings.